The summed E-state index contributed by atoms with van der Waals surface area (Å²) in [6.45, 7) is 7.53. The zero-order valence-corrected chi connectivity index (χ0v) is 12.4. The van der Waals surface area contributed by atoms with E-state index in [-0.39, 0.29) is 0 Å². The van der Waals surface area contributed by atoms with Crippen molar-refractivity contribution in [2.24, 2.45) is 5.92 Å². The third-order valence-corrected chi connectivity index (χ3v) is 3.83. The van der Waals surface area contributed by atoms with Gasteiger partial charge in [-0.15, -0.1) is 0 Å². The first kappa shape index (κ1) is 14.1. The van der Waals surface area contributed by atoms with Crippen LogP contribution in [0.5, 0.6) is 0 Å². The first-order valence-electron chi connectivity index (χ1n) is 7.58. The molecule has 0 aromatic carbocycles. The van der Waals surface area contributed by atoms with Gasteiger partial charge < -0.3 is 10.6 Å². The fourth-order valence-electron chi connectivity index (χ4n) is 2.87. The number of hydrogen-bond acceptors (Lipinski definition) is 4. The Labute approximate surface area is 116 Å². The topological polar surface area (TPSA) is 49.8 Å². The van der Waals surface area contributed by atoms with Gasteiger partial charge in [0.2, 0.25) is 0 Å². The molecule has 1 aliphatic carbocycles. The van der Waals surface area contributed by atoms with Crippen LogP contribution in [0.3, 0.4) is 0 Å². The van der Waals surface area contributed by atoms with Gasteiger partial charge in [0.15, 0.2) is 0 Å². The molecule has 2 N–H and O–H groups in total. The zero-order valence-electron chi connectivity index (χ0n) is 12.4. The minimum absolute atomic E-state index is 0.579. The normalized spacial score (nSPS) is 22.5. The number of hydrogen-bond donors (Lipinski definition) is 2. The Kier molecular flexibility index (Phi) is 5.00. The lowest BCUT2D eigenvalue weighted by Gasteiger charge is -2.18. The third kappa shape index (κ3) is 3.58. The highest BCUT2D eigenvalue weighted by molar-refractivity contribution is 5.57. The van der Waals surface area contributed by atoms with Gasteiger partial charge in [-0.05, 0) is 38.5 Å². The number of aromatic nitrogens is 2. The Morgan fingerprint density at radius 1 is 1.21 bits per heavy atom. The molecule has 0 bridgehead atoms. The van der Waals surface area contributed by atoms with E-state index in [1.807, 2.05) is 0 Å². The second-order valence-corrected chi connectivity index (χ2v) is 5.59. The van der Waals surface area contributed by atoms with Gasteiger partial charge >= 0.3 is 0 Å². The van der Waals surface area contributed by atoms with Gasteiger partial charge in [-0.1, -0.05) is 20.3 Å². The van der Waals surface area contributed by atoms with Crippen molar-refractivity contribution in [3.05, 3.63) is 11.9 Å². The van der Waals surface area contributed by atoms with E-state index in [0.717, 1.165) is 36.9 Å². The Hall–Kier alpha value is -1.32. The van der Waals surface area contributed by atoms with Crippen LogP contribution in [0.25, 0.3) is 0 Å². The van der Waals surface area contributed by atoms with Gasteiger partial charge in [-0.25, -0.2) is 9.97 Å². The minimum Gasteiger partial charge on any atom is -0.370 e. The van der Waals surface area contributed by atoms with Gasteiger partial charge in [-0.3, -0.25) is 0 Å². The van der Waals surface area contributed by atoms with Crippen LogP contribution in [0.4, 0.5) is 11.6 Å². The number of anilines is 2. The highest BCUT2D eigenvalue weighted by Crippen LogP contribution is 2.29. The minimum atomic E-state index is 0.579. The first-order chi connectivity index (χ1) is 9.24. The molecule has 0 radical (unpaired) electrons. The molecule has 0 amide bonds. The summed E-state index contributed by atoms with van der Waals surface area (Å²) in [5.74, 6) is 2.86. The third-order valence-electron chi connectivity index (χ3n) is 3.83. The van der Waals surface area contributed by atoms with E-state index in [4.69, 9.17) is 0 Å². The molecule has 0 aliphatic heterocycles. The van der Waals surface area contributed by atoms with Gasteiger partial charge in [-0.2, -0.15) is 0 Å². The van der Waals surface area contributed by atoms with Crippen molar-refractivity contribution in [1.29, 1.82) is 0 Å². The number of rotatable bonds is 6. The molecule has 1 aliphatic rings. The standard InChI is InChI=1S/C15H26N4/c1-4-6-13-14(16-5-2)17-10-18-15(13)19-12-8-7-11(3)9-12/h10-12H,4-9H2,1-3H3,(H2,16,17,18,19). The van der Waals surface area contributed by atoms with E-state index in [1.165, 1.54) is 24.8 Å². The summed E-state index contributed by atoms with van der Waals surface area (Å²) in [5.41, 5.74) is 1.24. The molecule has 2 unspecified atom stereocenters. The van der Waals surface area contributed by atoms with Crippen LogP contribution in [0.15, 0.2) is 6.33 Å². The van der Waals surface area contributed by atoms with Crippen molar-refractivity contribution in [2.75, 3.05) is 17.2 Å². The highest BCUT2D eigenvalue weighted by atomic mass is 15.1. The summed E-state index contributed by atoms with van der Waals surface area (Å²) in [7, 11) is 0. The summed E-state index contributed by atoms with van der Waals surface area (Å²) in [6.07, 6.45) is 7.64. The Balaban J connectivity index is 2.15. The van der Waals surface area contributed by atoms with Crippen molar-refractivity contribution in [1.82, 2.24) is 9.97 Å². The predicted octanol–water partition coefficient (Wildman–Crippen LogP) is 3.46. The zero-order chi connectivity index (χ0) is 13.7. The molecule has 106 valence electrons. The van der Waals surface area contributed by atoms with E-state index < -0.39 is 0 Å². The monoisotopic (exact) mass is 262 g/mol. The number of nitrogens with zero attached hydrogens (tertiary/aromatic N) is 2. The van der Waals surface area contributed by atoms with Gasteiger partial charge in [0.05, 0.1) is 0 Å². The smallest absolute Gasteiger partial charge is 0.134 e. The van der Waals surface area contributed by atoms with Crippen LogP contribution in [-0.4, -0.2) is 22.6 Å². The lowest BCUT2D eigenvalue weighted by atomic mass is 10.1. The molecule has 1 heterocycles. The highest BCUT2D eigenvalue weighted by Gasteiger charge is 2.22. The fourth-order valence-corrected chi connectivity index (χ4v) is 2.87. The maximum Gasteiger partial charge on any atom is 0.134 e. The summed E-state index contributed by atoms with van der Waals surface area (Å²) in [6, 6.07) is 0.579. The average Bonchev–Trinajstić information content (AvgIpc) is 2.79. The van der Waals surface area contributed by atoms with Crippen molar-refractivity contribution in [3.8, 4) is 0 Å². The Bertz CT molecular complexity index is 405. The molecule has 1 aromatic rings. The van der Waals surface area contributed by atoms with E-state index in [1.54, 1.807) is 6.33 Å². The van der Waals surface area contributed by atoms with Crippen LogP contribution in [0.2, 0.25) is 0 Å². The summed E-state index contributed by atoms with van der Waals surface area (Å²) >= 11 is 0. The first-order valence-corrected chi connectivity index (χ1v) is 7.58. The maximum atomic E-state index is 4.47. The molecule has 0 spiro atoms. The second kappa shape index (κ2) is 6.73. The van der Waals surface area contributed by atoms with Crippen molar-refractivity contribution in [3.63, 3.8) is 0 Å². The molecule has 2 rings (SSSR count). The molecular formula is C15H26N4. The molecule has 1 fully saturated rings. The molecule has 1 saturated carbocycles. The molecule has 0 saturated heterocycles. The Morgan fingerprint density at radius 3 is 2.63 bits per heavy atom. The molecular weight excluding hydrogens is 236 g/mol. The summed E-state index contributed by atoms with van der Waals surface area (Å²) < 4.78 is 0. The van der Waals surface area contributed by atoms with Crippen LogP contribution in [0.1, 0.15) is 52.0 Å². The molecule has 1 aromatic heterocycles. The molecule has 4 nitrogen and oxygen atoms in total. The van der Waals surface area contributed by atoms with Gasteiger partial charge in [0.25, 0.3) is 0 Å². The Morgan fingerprint density at radius 2 is 2.00 bits per heavy atom. The number of nitrogens with one attached hydrogen (secondary N) is 2. The van der Waals surface area contributed by atoms with E-state index >= 15 is 0 Å². The van der Waals surface area contributed by atoms with Crippen molar-refractivity contribution >= 4 is 11.6 Å². The summed E-state index contributed by atoms with van der Waals surface area (Å²) in [5, 5.41) is 6.98. The molecule has 4 heteroatoms. The van der Waals surface area contributed by atoms with Crippen LogP contribution >= 0.6 is 0 Å². The largest absolute Gasteiger partial charge is 0.370 e. The van der Waals surface area contributed by atoms with Gasteiger partial charge in [0.1, 0.15) is 18.0 Å². The molecule has 2 atom stereocenters. The maximum absolute atomic E-state index is 4.47. The van der Waals surface area contributed by atoms with Crippen LogP contribution in [-0.2, 0) is 6.42 Å². The van der Waals surface area contributed by atoms with E-state index in [9.17, 15) is 0 Å². The quantitative estimate of drug-likeness (QED) is 0.824. The van der Waals surface area contributed by atoms with Gasteiger partial charge in [0, 0.05) is 18.2 Å². The van der Waals surface area contributed by atoms with E-state index in [0.29, 0.717) is 6.04 Å². The van der Waals surface area contributed by atoms with Crippen molar-refractivity contribution < 1.29 is 0 Å². The van der Waals surface area contributed by atoms with Crippen LogP contribution in [0, 0.1) is 5.92 Å². The lowest BCUT2D eigenvalue weighted by molar-refractivity contribution is 0.602. The fraction of sp³-hybridized carbons (Fsp3) is 0.733. The molecule has 19 heavy (non-hydrogen) atoms. The van der Waals surface area contributed by atoms with Crippen LogP contribution < -0.4 is 10.6 Å². The summed E-state index contributed by atoms with van der Waals surface area (Å²) in [4.78, 5) is 8.84. The SMILES string of the molecule is CCCc1c(NCC)ncnc1NC1CCC(C)C1. The van der Waals surface area contributed by atoms with E-state index in [2.05, 4.69) is 41.4 Å². The van der Waals surface area contributed by atoms with Crippen molar-refractivity contribution in [2.45, 2.75) is 58.9 Å². The lowest BCUT2D eigenvalue weighted by Crippen LogP contribution is -2.19. The second-order valence-electron chi connectivity index (χ2n) is 5.59. The predicted molar refractivity (Wildman–Crippen MR) is 80.6 cm³/mol. The average molecular weight is 262 g/mol.